The van der Waals surface area contributed by atoms with Crippen LogP contribution in [0.4, 0.5) is 0 Å². The van der Waals surface area contributed by atoms with Crippen molar-refractivity contribution >= 4 is 42.3 Å². The molecule has 304 valence electrons. The van der Waals surface area contributed by atoms with Crippen LogP contribution in [-0.2, 0) is 0 Å². The Morgan fingerprint density at radius 3 is 1.26 bits per heavy atom. The van der Waals surface area contributed by atoms with Crippen molar-refractivity contribution in [1.29, 1.82) is 0 Å². The molecular formula is C61H39N3S. The topological polar surface area (TPSA) is 38.7 Å². The van der Waals surface area contributed by atoms with Gasteiger partial charge in [-0.3, -0.25) is 0 Å². The Hall–Kier alpha value is -8.31. The lowest BCUT2D eigenvalue weighted by molar-refractivity contribution is 1.07. The van der Waals surface area contributed by atoms with Crippen molar-refractivity contribution < 1.29 is 0 Å². The van der Waals surface area contributed by atoms with Crippen molar-refractivity contribution in [2.24, 2.45) is 0 Å². The number of thiophene rings is 1. The van der Waals surface area contributed by atoms with Crippen LogP contribution in [0.2, 0.25) is 0 Å². The minimum Gasteiger partial charge on any atom is -0.208 e. The zero-order chi connectivity index (χ0) is 43.1. The molecule has 0 unspecified atom stereocenters. The molecule has 12 aromatic rings. The van der Waals surface area contributed by atoms with E-state index < -0.39 is 0 Å². The number of fused-ring (bicyclic) bond motifs is 4. The summed E-state index contributed by atoms with van der Waals surface area (Å²) in [6.07, 6.45) is 0. The van der Waals surface area contributed by atoms with Crippen LogP contribution in [-0.4, -0.2) is 15.0 Å². The maximum Gasteiger partial charge on any atom is 0.164 e. The van der Waals surface area contributed by atoms with E-state index in [1.807, 2.05) is 29.5 Å². The van der Waals surface area contributed by atoms with Crippen LogP contribution in [0, 0.1) is 0 Å². The summed E-state index contributed by atoms with van der Waals surface area (Å²) in [5.74, 6) is 1.89. The molecule has 0 saturated carbocycles. The second kappa shape index (κ2) is 16.4. The Morgan fingerprint density at radius 2 is 0.646 bits per heavy atom. The Balaban J connectivity index is 0.847. The first-order valence-corrected chi connectivity index (χ1v) is 22.7. The number of hydrogen-bond acceptors (Lipinski definition) is 4. The van der Waals surface area contributed by atoms with Gasteiger partial charge in [0.05, 0.1) is 0 Å². The fraction of sp³-hybridized carbons (Fsp3) is 0. The molecule has 2 heterocycles. The highest BCUT2D eigenvalue weighted by Gasteiger charge is 2.17. The van der Waals surface area contributed by atoms with Crippen LogP contribution in [0.25, 0.3) is 121 Å². The maximum absolute atomic E-state index is 5.15. The van der Waals surface area contributed by atoms with Crippen LogP contribution in [0.15, 0.2) is 237 Å². The number of benzene rings is 10. The van der Waals surface area contributed by atoms with Gasteiger partial charge in [-0.1, -0.05) is 212 Å². The Morgan fingerprint density at radius 1 is 0.246 bits per heavy atom. The molecule has 0 amide bonds. The molecule has 0 spiro atoms. The van der Waals surface area contributed by atoms with Crippen molar-refractivity contribution in [3.8, 4) is 89.8 Å². The summed E-state index contributed by atoms with van der Waals surface area (Å²) in [6, 6.07) is 84.1. The minimum absolute atomic E-state index is 0.627. The van der Waals surface area contributed by atoms with Gasteiger partial charge in [-0.25, -0.2) is 15.0 Å². The van der Waals surface area contributed by atoms with Gasteiger partial charge in [0.2, 0.25) is 0 Å². The third-order valence-electron chi connectivity index (χ3n) is 12.4. The van der Waals surface area contributed by atoms with E-state index in [4.69, 9.17) is 15.0 Å². The number of aromatic nitrogens is 3. The van der Waals surface area contributed by atoms with Crippen molar-refractivity contribution in [3.63, 3.8) is 0 Å². The molecule has 2 aromatic heterocycles. The van der Waals surface area contributed by atoms with Crippen molar-refractivity contribution in [2.45, 2.75) is 0 Å². The molecule has 3 nitrogen and oxygen atoms in total. The quantitative estimate of drug-likeness (QED) is 0.153. The summed E-state index contributed by atoms with van der Waals surface area (Å²) >= 11 is 1.86. The number of hydrogen-bond donors (Lipinski definition) is 0. The second-order valence-corrected chi connectivity index (χ2v) is 17.5. The summed E-state index contributed by atoms with van der Waals surface area (Å²) < 4.78 is 2.65. The van der Waals surface area contributed by atoms with E-state index in [0.29, 0.717) is 17.5 Å². The molecule has 0 aliphatic rings. The van der Waals surface area contributed by atoms with Gasteiger partial charge in [-0.15, -0.1) is 11.3 Å². The molecule has 10 aromatic carbocycles. The van der Waals surface area contributed by atoms with Crippen LogP contribution in [0.1, 0.15) is 0 Å². The SMILES string of the molecule is c1ccc(-c2ccc(-c3nc(-c4ccc(-c5ccc6cc(-c7ccc(-c8cccc9sc%10ccccc%10c89)cc7)ccc6c5)cc4)nc(-c4ccccc4-c4ccccc4)n3)cc2)cc1. The van der Waals surface area contributed by atoms with Crippen LogP contribution in [0.5, 0.6) is 0 Å². The third kappa shape index (κ3) is 7.36. The summed E-state index contributed by atoms with van der Waals surface area (Å²) in [7, 11) is 0. The molecule has 0 aliphatic heterocycles. The van der Waals surface area contributed by atoms with Crippen molar-refractivity contribution in [3.05, 3.63) is 237 Å². The predicted molar refractivity (Wildman–Crippen MR) is 274 cm³/mol. The van der Waals surface area contributed by atoms with Gasteiger partial charge in [0.15, 0.2) is 17.5 Å². The van der Waals surface area contributed by atoms with Crippen molar-refractivity contribution in [2.75, 3.05) is 0 Å². The Bertz CT molecular complexity index is 3670. The lowest BCUT2D eigenvalue weighted by Crippen LogP contribution is -2.01. The molecule has 0 N–H and O–H groups in total. The zero-order valence-corrected chi connectivity index (χ0v) is 36.1. The first-order valence-electron chi connectivity index (χ1n) is 21.9. The molecule has 4 heteroatoms. The van der Waals surface area contributed by atoms with Crippen molar-refractivity contribution in [1.82, 2.24) is 15.0 Å². The maximum atomic E-state index is 5.15. The van der Waals surface area contributed by atoms with E-state index in [1.165, 1.54) is 58.8 Å². The van der Waals surface area contributed by atoms with Crippen LogP contribution in [0.3, 0.4) is 0 Å². The third-order valence-corrected chi connectivity index (χ3v) is 13.5. The van der Waals surface area contributed by atoms with Gasteiger partial charge in [0, 0.05) is 36.9 Å². The Labute approximate surface area is 381 Å². The lowest BCUT2D eigenvalue weighted by atomic mass is 9.95. The largest absolute Gasteiger partial charge is 0.208 e. The fourth-order valence-corrected chi connectivity index (χ4v) is 10.2. The van der Waals surface area contributed by atoms with E-state index in [2.05, 4.69) is 218 Å². The van der Waals surface area contributed by atoms with E-state index in [1.54, 1.807) is 0 Å². The average molecular weight is 846 g/mol. The molecule has 0 radical (unpaired) electrons. The van der Waals surface area contributed by atoms with Crippen LogP contribution < -0.4 is 0 Å². The zero-order valence-electron chi connectivity index (χ0n) is 35.3. The molecule has 0 fully saturated rings. The van der Waals surface area contributed by atoms with Gasteiger partial charge in [-0.05, 0) is 90.7 Å². The summed E-state index contributed by atoms with van der Waals surface area (Å²) in [5, 5.41) is 5.07. The molecule has 12 rings (SSSR count). The predicted octanol–water partition coefficient (Wildman–Crippen LogP) is 16.7. The standard InChI is InChI=1S/C61H39N3S/c1-3-12-40(13-4-1)41-24-30-46(31-25-41)59-62-60(64-61(63-59)54-17-8-7-16-52(54)44-14-5-2-6-15-44)47-32-26-43(27-33-47)49-35-37-50-38-48(34-36-51(50)39-49)42-22-28-45(29-23-42)53-19-11-21-57-58(53)55-18-9-10-20-56(55)65-57/h1-39H. The summed E-state index contributed by atoms with van der Waals surface area (Å²) in [5.41, 5.74) is 14.5. The monoisotopic (exact) mass is 845 g/mol. The highest BCUT2D eigenvalue weighted by Crippen LogP contribution is 2.41. The molecule has 0 saturated heterocycles. The molecule has 0 bridgehead atoms. The Kier molecular flexibility index (Phi) is 9.70. The van der Waals surface area contributed by atoms with Crippen LogP contribution >= 0.6 is 11.3 Å². The first kappa shape index (κ1) is 38.4. The number of rotatable bonds is 8. The van der Waals surface area contributed by atoms with E-state index >= 15 is 0 Å². The van der Waals surface area contributed by atoms with Gasteiger partial charge in [0.25, 0.3) is 0 Å². The lowest BCUT2D eigenvalue weighted by Gasteiger charge is -2.12. The molecule has 0 atom stereocenters. The minimum atomic E-state index is 0.627. The second-order valence-electron chi connectivity index (χ2n) is 16.4. The van der Waals surface area contributed by atoms with E-state index in [-0.39, 0.29) is 0 Å². The smallest absolute Gasteiger partial charge is 0.164 e. The van der Waals surface area contributed by atoms with Gasteiger partial charge in [-0.2, -0.15) is 0 Å². The summed E-state index contributed by atoms with van der Waals surface area (Å²) in [4.78, 5) is 15.4. The number of nitrogens with zero attached hydrogens (tertiary/aromatic N) is 3. The molecular weight excluding hydrogens is 807 g/mol. The van der Waals surface area contributed by atoms with Gasteiger partial charge >= 0.3 is 0 Å². The van der Waals surface area contributed by atoms with Gasteiger partial charge < -0.3 is 0 Å². The highest BCUT2D eigenvalue weighted by atomic mass is 32.1. The highest BCUT2D eigenvalue weighted by molar-refractivity contribution is 7.25. The first-order chi connectivity index (χ1) is 32.2. The summed E-state index contributed by atoms with van der Waals surface area (Å²) in [6.45, 7) is 0. The average Bonchev–Trinajstić information content (AvgIpc) is 3.78. The fourth-order valence-electron chi connectivity index (χ4n) is 9.02. The van der Waals surface area contributed by atoms with E-state index in [0.717, 1.165) is 44.5 Å². The van der Waals surface area contributed by atoms with E-state index in [9.17, 15) is 0 Å². The molecule has 0 aliphatic carbocycles. The van der Waals surface area contributed by atoms with Gasteiger partial charge in [0.1, 0.15) is 0 Å². The normalized spacial score (nSPS) is 11.4. The molecule has 65 heavy (non-hydrogen) atoms.